The Balaban J connectivity index is 1.79. The number of hydrogen-bond donors (Lipinski definition) is 0. The summed E-state index contributed by atoms with van der Waals surface area (Å²) < 4.78 is 0. The molecule has 0 amide bonds. The van der Waals surface area contributed by atoms with Crippen LogP contribution in [0.1, 0.15) is 38.2 Å². The van der Waals surface area contributed by atoms with E-state index in [1.165, 1.54) is 47.9 Å². The van der Waals surface area contributed by atoms with Gasteiger partial charge in [0.05, 0.1) is 0 Å². The number of allylic oxidation sites excluding steroid dienone is 4. The van der Waals surface area contributed by atoms with Crippen molar-refractivity contribution in [3.05, 3.63) is 77.9 Å². The summed E-state index contributed by atoms with van der Waals surface area (Å²) in [6.07, 6.45) is 9.54. The topological polar surface area (TPSA) is 0 Å². The van der Waals surface area contributed by atoms with E-state index in [9.17, 15) is 0 Å². The Kier molecular flexibility index (Phi) is 4.35. The SMILES string of the molecule is CCCC1=CC=C(c2ccc(-c3ccccc3)cc2)CC1. The molecule has 21 heavy (non-hydrogen) atoms. The molecule has 0 heterocycles. The largest absolute Gasteiger partial charge is 0.0699 e. The molecule has 106 valence electrons. The highest BCUT2D eigenvalue weighted by molar-refractivity contribution is 5.72. The van der Waals surface area contributed by atoms with Gasteiger partial charge < -0.3 is 0 Å². The lowest BCUT2D eigenvalue weighted by molar-refractivity contribution is 0.827. The smallest absolute Gasteiger partial charge is 0.0184 e. The predicted octanol–water partition coefficient (Wildman–Crippen LogP) is 6.26. The van der Waals surface area contributed by atoms with Gasteiger partial charge in [-0.25, -0.2) is 0 Å². The summed E-state index contributed by atoms with van der Waals surface area (Å²) in [7, 11) is 0. The molecule has 0 spiro atoms. The van der Waals surface area contributed by atoms with E-state index in [1.54, 1.807) is 5.57 Å². The van der Waals surface area contributed by atoms with E-state index in [2.05, 4.69) is 73.7 Å². The molecular formula is C21H22. The molecule has 2 aromatic carbocycles. The van der Waals surface area contributed by atoms with Crippen molar-refractivity contribution >= 4 is 5.57 Å². The monoisotopic (exact) mass is 274 g/mol. The van der Waals surface area contributed by atoms with Crippen LogP contribution >= 0.6 is 0 Å². The van der Waals surface area contributed by atoms with Gasteiger partial charge in [-0.05, 0) is 41.5 Å². The zero-order valence-corrected chi connectivity index (χ0v) is 12.7. The molecule has 3 rings (SSSR count). The average molecular weight is 274 g/mol. The van der Waals surface area contributed by atoms with Gasteiger partial charge in [-0.3, -0.25) is 0 Å². The Morgan fingerprint density at radius 2 is 1.38 bits per heavy atom. The molecule has 0 aliphatic heterocycles. The van der Waals surface area contributed by atoms with Gasteiger partial charge in [-0.15, -0.1) is 0 Å². The van der Waals surface area contributed by atoms with Crippen molar-refractivity contribution in [1.82, 2.24) is 0 Å². The minimum Gasteiger partial charge on any atom is -0.0699 e. The number of hydrogen-bond acceptors (Lipinski definition) is 0. The van der Waals surface area contributed by atoms with Crippen LogP contribution in [0.2, 0.25) is 0 Å². The molecule has 0 unspecified atom stereocenters. The highest BCUT2D eigenvalue weighted by atomic mass is 14.1. The zero-order valence-electron chi connectivity index (χ0n) is 12.7. The van der Waals surface area contributed by atoms with Crippen LogP contribution in [0.5, 0.6) is 0 Å². The average Bonchev–Trinajstić information content (AvgIpc) is 2.57. The van der Waals surface area contributed by atoms with Crippen molar-refractivity contribution in [2.24, 2.45) is 0 Å². The van der Waals surface area contributed by atoms with E-state index in [1.807, 2.05) is 0 Å². The Labute approximate surface area is 127 Å². The molecule has 2 aromatic rings. The molecule has 1 aliphatic rings. The quantitative estimate of drug-likeness (QED) is 0.617. The fourth-order valence-corrected chi connectivity index (χ4v) is 2.96. The summed E-state index contributed by atoms with van der Waals surface area (Å²) in [6.45, 7) is 2.25. The molecule has 1 aliphatic carbocycles. The van der Waals surface area contributed by atoms with Crippen LogP contribution in [-0.2, 0) is 0 Å². The maximum Gasteiger partial charge on any atom is -0.0184 e. The number of rotatable bonds is 4. The van der Waals surface area contributed by atoms with Gasteiger partial charge in [-0.1, -0.05) is 85.7 Å². The third kappa shape index (κ3) is 3.33. The van der Waals surface area contributed by atoms with Crippen LogP contribution < -0.4 is 0 Å². The first-order valence-electron chi connectivity index (χ1n) is 7.91. The first-order chi connectivity index (χ1) is 10.4. The Morgan fingerprint density at radius 3 is 2.00 bits per heavy atom. The molecule has 0 saturated carbocycles. The van der Waals surface area contributed by atoms with Crippen LogP contribution in [0, 0.1) is 0 Å². The van der Waals surface area contributed by atoms with Gasteiger partial charge in [0, 0.05) is 0 Å². The van der Waals surface area contributed by atoms with E-state index in [0.29, 0.717) is 0 Å². The molecule has 0 fully saturated rings. The number of benzene rings is 2. The van der Waals surface area contributed by atoms with Gasteiger partial charge in [0.15, 0.2) is 0 Å². The highest BCUT2D eigenvalue weighted by Gasteiger charge is 2.08. The molecular weight excluding hydrogens is 252 g/mol. The zero-order chi connectivity index (χ0) is 14.5. The molecule has 0 atom stereocenters. The molecule has 0 saturated heterocycles. The van der Waals surface area contributed by atoms with E-state index in [-0.39, 0.29) is 0 Å². The van der Waals surface area contributed by atoms with E-state index >= 15 is 0 Å². The Hall–Kier alpha value is -2.08. The van der Waals surface area contributed by atoms with E-state index in [0.717, 1.165) is 0 Å². The van der Waals surface area contributed by atoms with Crippen molar-refractivity contribution in [2.75, 3.05) is 0 Å². The highest BCUT2D eigenvalue weighted by Crippen LogP contribution is 2.30. The molecule has 0 N–H and O–H groups in total. The Bertz CT molecular complexity index is 642. The minimum absolute atomic E-state index is 1.18. The van der Waals surface area contributed by atoms with Crippen LogP contribution in [0.3, 0.4) is 0 Å². The normalized spacial score (nSPS) is 14.5. The second kappa shape index (κ2) is 6.58. The lowest BCUT2D eigenvalue weighted by Crippen LogP contribution is -1.93. The summed E-state index contributed by atoms with van der Waals surface area (Å²) >= 11 is 0. The van der Waals surface area contributed by atoms with Gasteiger partial charge in [0.2, 0.25) is 0 Å². The standard InChI is InChI=1S/C21H22/c1-2-6-17-9-11-19(12-10-17)21-15-13-20(14-16-21)18-7-4-3-5-8-18/h3-5,7-9,11,13-16H,2,6,10,12H2,1H3. The van der Waals surface area contributed by atoms with Crippen molar-refractivity contribution in [3.63, 3.8) is 0 Å². The van der Waals surface area contributed by atoms with E-state index in [4.69, 9.17) is 0 Å². The molecule has 0 aromatic heterocycles. The van der Waals surface area contributed by atoms with Crippen molar-refractivity contribution in [2.45, 2.75) is 32.6 Å². The van der Waals surface area contributed by atoms with Crippen LogP contribution in [0.4, 0.5) is 0 Å². The second-order valence-corrected chi connectivity index (χ2v) is 5.71. The lowest BCUT2D eigenvalue weighted by atomic mass is 9.91. The summed E-state index contributed by atoms with van der Waals surface area (Å²) in [5.74, 6) is 0. The van der Waals surface area contributed by atoms with E-state index < -0.39 is 0 Å². The second-order valence-electron chi connectivity index (χ2n) is 5.71. The molecule has 0 nitrogen and oxygen atoms in total. The lowest BCUT2D eigenvalue weighted by Gasteiger charge is -2.15. The first kappa shape index (κ1) is 13.9. The Morgan fingerprint density at radius 1 is 0.714 bits per heavy atom. The molecule has 0 heteroatoms. The van der Waals surface area contributed by atoms with Crippen molar-refractivity contribution in [3.8, 4) is 11.1 Å². The van der Waals surface area contributed by atoms with Crippen LogP contribution in [-0.4, -0.2) is 0 Å². The van der Waals surface area contributed by atoms with Crippen LogP contribution in [0.25, 0.3) is 16.7 Å². The van der Waals surface area contributed by atoms with Gasteiger partial charge in [-0.2, -0.15) is 0 Å². The van der Waals surface area contributed by atoms with Crippen LogP contribution in [0.15, 0.2) is 72.3 Å². The molecule has 0 bridgehead atoms. The maximum atomic E-state index is 2.33. The summed E-state index contributed by atoms with van der Waals surface area (Å²) in [6, 6.07) is 19.5. The van der Waals surface area contributed by atoms with Gasteiger partial charge in [0.25, 0.3) is 0 Å². The van der Waals surface area contributed by atoms with Crippen molar-refractivity contribution in [1.29, 1.82) is 0 Å². The summed E-state index contributed by atoms with van der Waals surface area (Å²) in [5.41, 5.74) is 7.00. The fourth-order valence-electron chi connectivity index (χ4n) is 2.96. The summed E-state index contributed by atoms with van der Waals surface area (Å²) in [5, 5.41) is 0. The first-order valence-corrected chi connectivity index (χ1v) is 7.91. The third-order valence-electron chi connectivity index (χ3n) is 4.17. The van der Waals surface area contributed by atoms with Gasteiger partial charge >= 0.3 is 0 Å². The summed E-state index contributed by atoms with van der Waals surface area (Å²) in [4.78, 5) is 0. The third-order valence-corrected chi connectivity index (χ3v) is 4.17. The fraction of sp³-hybridized carbons (Fsp3) is 0.238. The van der Waals surface area contributed by atoms with Crippen molar-refractivity contribution < 1.29 is 0 Å². The predicted molar refractivity (Wildman–Crippen MR) is 92.1 cm³/mol. The van der Waals surface area contributed by atoms with Gasteiger partial charge in [0.1, 0.15) is 0 Å². The maximum absolute atomic E-state index is 2.33. The molecule has 0 radical (unpaired) electrons. The minimum atomic E-state index is 1.18.